The largest absolute Gasteiger partial charge is 0.481 e. The summed E-state index contributed by atoms with van der Waals surface area (Å²) in [6, 6.07) is 0.0639. The fraction of sp³-hybridized carbons (Fsp3) is 0.769. The SMILES string of the molecule is CC1(C)CC(N=CC(=O)CC(=O)O)CC(C)(C)N1. The van der Waals surface area contributed by atoms with Gasteiger partial charge in [0.15, 0.2) is 5.78 Å². The Labute approximate surface area is 108 Å². The van der Waals surface area contributed by atoms with Gasteiger partial charge < -0.3 is 10.4 Å². The number of aliphatic carboxylic acids is 1. The van der Waals surface area contributed by atoms with E-state index in [2.05, 4.69) is 38.0 Å². The van der Waals surface area contributed by atoms with Gasteiger partial charge in [-0.25, -0.2) is 0 Å². The lowest BCUT2D eigenvalue weighted by Crippen LogP contribution is -2.58. The minimum Gasteiger partial charge on any atom is -0.481 e. The molecule has 0 aromatic carbocycles. The summed E-state index contributed by atoms with van der Waals surface area (Å²) in [5.74, 6) is -1.56. The Balaban J connectivity index is 2.64. The first-order valence-corrected chi connectivity index (χ1v) is 6.17. The molecule has 5 nitrogen and oxygen atoms in total. The Hall–Kier alpha value is -1.23. The molecule has 18 heavy (non-hydrogen) atoms. The van der Waals surface area contributed by atoms with Crippen molar-refractivity contribution in [3.05, 3.63) is 0 Å². The van der Waals surface area contributed by atoms with Crippen LogP contribution in [-0.4, -0.2) is 40.2 Å². The Kier molecular flexibility index (Phi) is 4.27. The number of nitrogens with zero attached hydrogens (tertiary/aromatic N) is 1. The van der Waals surface area contributed by atoms with Crippen molar-refractivity contribution >= 4 is 18.0 Å². The molecule has 0 unspecified atom stereocenters. The number of carbonyl (C=O) groups is 2. The van der Waals surface area contributed by atoms with E-state index in [4.69, 9.17) is 5.11 Å². The molecule has 1 rings (SSSR count). The van der Waals surface area contributed by atoms with Gasteiger partial charge in [-0.05, 0) is 40.5 Å². The molecule has 0 aromatic rings. The van der Waals surface area contributed by atoms with Gasteiger partial charge in [0.25, 0.3) is 0 Å². The third-order valence-electron chi connectivity index (χ3n) is 2.92. The third-order valence-corrected chi connectivity index (χ3v) is 2.92. The highest BCUT2D eigenvalue weighted by molar-refractivity contribution is 6.31. The number of carboxylic acids is 1. The summed E-state index contributed by atoms with van der Waals surface area (Å²) in [5, 5.41) is 12.0. The van der Waals surface area contributed by atoms with Crippen LogP contribution >= 0.6 is 0 Å². The topological polar surface area (TPSA) is 78.8 Å². The summed E-state index contributed by atoms with van der Waals surface area (Å²) in [5.41, 5.74) is -0.0563. The molecule has 102 valence electrons. The van der Waals surface area contributed by atoms with E-state index in [1.165, 1.54) is 6.21 Å². The van der Waals surface area contributed by atoms with Crippen molar-refractivity contribution in [2.45, 2.75) is 64.1 Å². The molecule has 5 heteroatoms. The van der Waals surface area contributed by atoms with E-state index in [-0.39, 0.29) is 17.1 Å². The maximum absolute atomic E-state index is 11.3. The summed E-state index contributed by atoms with van der Waals surface area (Å²) in [4.78, 5) is 25.9. The molecular weight excluding hydrogens is 232 g/mol. The van der Waals surface area contributed by atoms with Crippen molar-refractivity contribution in [2.75, 3.05) is 0 Å². The molecule has 2 N–H and O–H groups in total. The van der Waals surface area contributed by atoms with Crippen molar-refractivity contribution in [1.82, 2.24) is 5.32 Å². The minimum atomic E-state index is -1.11. The van der Waals surface area contributed by atoms with Crippen molar-refractivity contribution in [2.24, 2.45) is 4.99 Å². The van der Waals surface area contributed by atoms with Gasteiger partial charge in [0.05, 0.1) is 12.3 Å². The predicted octanol–water partition coefficient (Wildman–Crippen LogP) is 1.41. The second-order valence-corrected chi connectivity index (χ2v) is 6.27. The average molecular weight is 254 g/mol. The van der Waals surface area contributed by atoms with E-state index in [1.54, 1.807) is 0 Å². The maximum atomic E-state index is 11.3. The number of piperidine rings is 1. The van der Waals surface area contributed by atoms with Crippen molar-refractivity contribution in [3.63, 3.8) is 0 Å². The van der Waals surface area contributed by atoms with Crippen LogP contribution in [0.2, 0.25) is 0 Å². The molecule has 1 aliphatic heterocycles. The molecule has 1 heterocycles. The first kappa shape index (κ1) is 14.8. The van der Waals surface area contributed by atoms with Gasteiger partial charge in [-0.2, -0.15) is 0 Å². The lowest BCUT2D eigenvalue weighted by atomic mass is 9.80. The third kappa shape index (κ3) is 4.96. The molecule has 0 atom stereocenters. The Morgan fingerprint density at radius 2 is 1.78 bits per heavy atom. The maximum Gasteiger partial charge on any atom is 0.311 e. The summed E-state index contributed by atoms with van der Waals surface area (Å²) >= 11 is 0. The highest BCUT2D eigenvalue weighted by atomic mass is 16.4. The van der Waals surface area contributed by atoms with E-state index in [0.717, 1.165) is 12.8 Å². The number of aliphatic imine (C=N–C) groups is 1. The van der Waals surface area contributed by atoms with Gasteiger partial charge >= 0.3 is 5.97 Å². The van der Waals surface area contributed by atoms with Crippen LogP contribution in [0.3, 0.4) is 0 Å². The summed E-state index contributed by atoms with van der Waals surface area (Å²) < 4.78 is 0. The predicted molar refractivity (Wildman–Crippen MR) is 70.1 cm³/mol. The van der Waals surface area contributed by atoms with Crippen LogP contribution in [0.5, 0.6) is 0 Å². The van der Waals surface area contributed by atoms with Crippen LogP contribution in [0.15, 0.2) is 4.99 Å². The first-order valence-electron chi connectivity index (χ1n) is 6.17. The number of hydrogen-bond donors (Lipinski definition) is 2. The van der Waals surface area contributed by atoms with Crippen LogP contribution in [0, 0.1) is 0 Å². The molecule has 0 saturated carbocycles. The number of nitrogens with one attached hydrogen (secondary N) is 1. The summed E-state index contributed by atoms with van der Waals surface area (Å²) in [6.45, 7) is 8.43. The fourth-order valence-electron chi connectivity index (χ4n) is 2.76. The molecule has 0 aromatic heterocycles. The van der Waals surface area contributed by atoms with Gasteiger partial charge in [-0.3, -0.25) is 14.6 Å². The Morgan fingerprint density at radius 1 is 1.28 bits per heavy atom. The van der Waals surface area contributed by atoms with Crippen LogP contribution in [0.4, 0.5) is 0 Å². The van der Waals surface area contributed by atoms with Gasteiger partial charge in [-0.15, -0.1) is 0 Å². The highest BCUT2D eigenvalue weighted by Crippen LogP contribution is 2.30. The van der Waals surface area contributed by atoms with E-state index < -0.39 is 18.2 Å². The number of carbonyl (C=O) groups excluding carboxylic acids is 1. The first-order chi connectivity index (χ1) is 8.10. The van der Waals surface area contributed by atoms with E-state index in [1.807, 2.05) is 0 Å². The standard InChI is InChI=1S/C13H22N2O3/c1-12(2)6-9(7-13(3,4)15-12)14-8-10(16)5-11(17)18/h8-9,15H,5-7H2,1-4H3,(H,17,18). The number of Topliss-reactive ketones (excluding diaryl/α,β-unsaturated/α-hetero) is 1. The Bertz CT molecular complexity index is 356. The lowest BCUT2D eigenvalue weighted by molar-refractivity contribution is -0.138. The van der Waals surface area contributed by atoms with Crippen LogP contribution in [0.1, 0.15) is 47.0 Å². The van der Waals surface area contributed by atoms with Crippen molar-refractivity contribution in [3.8, 4) is 0 Å². The van der Waals surface area contributed by atoms with Gasteiger partial charge in [-0.1, -0.05) is 0 Å². The lowest BCUT2D eigenvalue weighted by Gasteiger charge is -2.45. The fourth-order valence-corrected chi connectivity index (χ4v) is 2.76. The second-order valence-electron chi connectivity index (χ2n) is 6.27. The van der Waals surface area contributed by atoms with Crippen molar-refractivity contribution < 1.29 is 14.7 Å². The zero-order chi connectivity index (χ0) is 14.0. The van der Waals surface area contributed by atoms with E-state index >= 15 is 0 Å². The molecule has 0 aliphatic carbocycles. The van der Waals surface area contributed by atoms with Crippen LogP contribution < -0.4 is 5.32 Å². The Morgan fingerprint density at radius 3 is 2.22 bits per heavy atom. The van der Waals surface area contributed by atoms with Crippen molar-refractivity contribution in [1.29, 1.82) is 0 Å². The van der Waals surface area contributed by atoms with Crippen LogP contribution in [-0.2, 0) is 9.59 Å². The zero-order valence-electron chi connectivity index (χ0n) is 11.5. The van der Waals surface area contributed by atoms with E-state index in [9.17, 15) is 9.59 Å². The average Bonchev–Trinajstić information content (AvgIpc) is 2.08. The number of ketones is 1. The molecule has 0 bridgehead atoms. The molecule has 1 aliphatic rings. The van der Waals surface area contributed by atoms with Gasteiger partial charge in [0.1, 0.15) is 6.42 Å². The smallest absolute Gasteiger partial charge is 0.311 e. The quantitative estimate of drug-likeness (QED) is 0.587. The molecule has 1 fully saturated rings. The minimum absolute atomic E-state index is 0.0282. The highest BCUT2D eigenvalue weighted by Gasteiger charge is 2.37. The zero-order valence-corrected chi connectivity index (χ0v) is 11.5. The van der Waals surface area contributed by atoms with Gasteiger partial charge in [0.2, 0.25) is 0 Å². The molecule has 1 saturated heterocycles. The summed E-state index contributed by atoms with van der Waals surface area (Å²) in [6.07, 6.45) is 2.37. The number of rotatable bonds is 4. The van der Waals surface area contributed by atoms with Crippen LogP contribution in [0.25, 0.3) is 0 Å². The number of hydrogen-bond acceptors (Lipinski definition) is 4. The molecular formula is C13H22N2O3. The number of carboxylic acid groups (broad SMARTS) is 1. The second kappa shape index (κ2) is 5.18. The monoisotopic (exact) mass is 254 g/mol. The normalized spacial score (nSPS) is 23.1. The molecule has 0 spiro atoms. The molecule has 0 radical (unpaired) electrons. The summed E-state index contributed by atoms with van der Waals surface area (Å²) in [7, 11) is 0. The van der Waals surface area contributed by atoms with E-state index in [0.29, 0.717) is 0 Å². The van der Waals surface area contributed by atoms with Gasteiger partial charge in [0, 0.05) is 11.1 Å². The molecule has 0 amide bonds.